The first-order valence-electron chi connectivity index (χ1n) is 7.24. The van der Waals surface area contributed by atoms with Crippen LogP contribution in [0.1, 0.15) is 9.67 Å². The van der Waals surface area contributed by atoms with Gasteiger partial charge in [0.05, 0.1) is 28.7 Å². The maximum atomic E-state index is 12.6. The van der Waals surface area contributed by atoms with Gasteiger partial charge < -0.3 is 15.2 Å². The number of thiophene rings is 1. The van der Waals surface area contributed by atoms with E-state index in [4.69, 9.17) is 4.74 Å². The number of morpholine rings is 1. The summed E-state index contributed by atoms with van der Waals surface area (Å²) in [6.45, 7) is 1.25. The minimum absolute atomic E-state index is 0.0173. The van der Waals surface area contributed by atoms with Crippen molar-refractivity contribution in [2.45, 2.75) is 4.90 Å². The molecule has 1 fully saturated rings. The molecule has 0 spiro atoms. The van der Waals surface area contributed by atoms with Crippen molar-refractivity contribution in [3.05, 3.63) is 40.6 Å². The highest BCUT2D eigenvalue weighted by Gasteiger charge is 2.27. The van der Waals surface area contributed by atoms with Gasteiger partial charge in [0.15, 0.2) is 0 Å². The van der Waals surface area contributed by atoms with Gasteiger partial charge in [0.1, 0.15) is 5.75 Å². The molecule has 128 valence electrons. The fraction of sp³-hybridized carbons (Fsp3) is 0.267. The van der Waals surface area contributed by atoms with E-state index in [0.717, 1.165) is 0 Å². The number of carbonyl (C=O) groups is 1. The number of hydrogen-bond acceptors (Lipinski definition) is 6. The van der Waals surface area contributed by atoms with E-state index in [9.17, 15) is 18.3 Å². The smallest absolute Gasteiger partial charge is 0.265 e. The number of sulfonamides is 1. The van der Waals surface area contributed by atoms with Gasteiger partial charge in [-0.2, -0.15) is 4.31 Å². The van der Waals surface area contributed by atoms with E-state index >= 15 is 0 Å². The fourth-order valence-electron chi connectivity index (χ4n) is 2.30. The van der Waals surface area contributed by atoms with E-state index in [1.165, 1.54) is 33.8 Å². The molecule has 2 N–H and O–H groups in total. The molecule has 0 aliphatic carbocycles. The Morgan fingerprint density at radius 1 is 1.25 bits per heavy atom. The third-order valence-corrected chi connectivity index (χ3v) is 6.33. The number of phenolic OH excluding ortho intramolecular Hbond substituents is 1. The first kappa shape index (κ1) is 16.9. The van der Waals surface area contributed by atoms with Crippen LogP contribution in [0.3, 0.4) is 0 Å². The molecule has 7 nitrogen and oxygen atoms in total. The number of carbonyl (C=O) groups excluding carboxylic acids is 1. The predicted molar refractivity (Wildman–Crippen MR) is 90.0 cm³/mol. The third-order valence-electron chi connectivity index (χ3n) is 3.57. The highest BCUT2D eigenvalue weighted by molar-refractivity contribution is 7.89. The van der Waals surface area contributed by atoms with Crippen LogP contribution in [-0.4, -0.2) is 50.0 Å². The van der Waals surface area contributed by atoms with Gasteiger partial charge in [-0.15, -0.1) is 11.3 Å². The molecule has 0 unspecified atom stereocenters. The van der Waals surface area contributed by atoms with Crippen molar-refractivity contribution in [1.82, 2.24) is 4.31 Å². The molecule has 1 aliphatic heterocycles. The highest BCUT2D eigenvalue weighted by Crippen LogP contribution is 2.29. The third kappa shape index (κ3) is 3.44. The summed E-state index contributed by atoms with van der Waals surface area (Å²) in [5.74, 6) is -0.595. The van der Waals surface area contributed by atoms with E-state index in [2.05, 4.69) is 5.32 Å². The average Bonchev–Trinajstić information content (AvgIpc) is 3.12. The van der Waals surface area contributed by atoms with Gasteiger partial charge in [-0.05, 0) is 29.6 Å². The second-order valence-electron chi connectivity index (χ2n) is 5.13. The molecule has 1 amide bonds. The summed E-state index contributed by atoms with van der Waals surface area (Å²) in [6.07, 6.45) is 0. The number of nitrogens with one attached hydrogen (secondary N) is 1. The van der Waals surface area contributed by atoms with Gasteiger partial charge in [0, 0.05) is 13.1 Å². The maximum absolute atomic E-state index is 12.6. The molecule has 1 aromatic carbocycles. The summed E-state index contributed by atoms with van der Waals surface area (Å²) in [7, 11) is -3.70. The van der Waals surface area contributed by atoms with Crippen molar-refractivity contribution in [2.24, 2.45) is 0 Å². The normalized spacial score (nSPS) is 16.0. The Morgan fingerprint density at radius 2 is 2.00 bits per heavy atom. The molecule has 0 saturated carbocycles. The lowest BCUT2D eigenvalue weighted by molar-refractivity contribution is 0.0730. The van der Waals surface area contributed by atoms with Crippen LogP contribution in [0.2, 0.25) is 0 Å². The lowest BCUT2D eigenvalue weighted by atomic mass is 10.3. The van der Waals surface area contributed by atoms with Gasteiger partial charge in [0.2, 0.25) is 10.0 Å². The summed E-state index contributed by atoms with van der Waals surface area (Å²) in [6, 6.07) is 7.23. The topological polar surface area (TPSA) is 95.9 Å². The maximum Gasteiger partial charge on any atom is 0.265 e. The molecule has 1 saturated heterocycles. The van der Waals surface area contributed by atoms with Crippen LogP contribution >= 0.6 is 11.3 Å². The van der Waals surface area contributed by atoms with Crippen molar-refractivity contribution >= 4 is 33.0 Å². The number of ether oxygens (including phenoxy) is 1. The molecule has 1 aliphatic rings. The van der Waals surface area contributed by atoms with Gasteiger partial charge in [-0.3, -0.25) is 4.79 Å². The molecule has 24 heavy (non-hydrogen) atoms. The second kappa shape index (κ2) is 6.89. The lowest BCUT2D eigenvalue weighted by Gasteiger charge is -2.26. The van der Waals surface area contributed by atoms with Crippen LogP contribution in [-0.2, 0) is 14.8 Å². The van der Waals surface area contributed by atoms with Crippen molar-refractivity contribution in [1.29, 1.82) is 0 Å². The van der Waals surface area contributed by atoms with Crippen molar-refractivity contribution < 1.29 is 23.1 Å². The minimum Gasteiger partial charge on any atom is -0.506 e. The summed E-state index contributed by atoms with van der Waals surface area (Å²) in [5.41, 5.74) is 0.0581. The number of phenols is 1. The van der Waals surface area contributed by atoms with E-state index in [1.807, 2.05) is 0 Å². The standard InChI is InChI=1S/C15H16N2O5S2/c18-13-4-3-11(24(20,21)17-5-7-22-8-6-17)10-12(13)16-15(19)14-2-1-9-23-14/h1-4,9-10,18H,5-8H2,(H,16,19). The van der Waals surface area contributed by atoms with Gasteiger partial charge in [-0.1, -0.05) is 6.07 Å². The number of nitrogens with zero attached hydrogens (tertiary/aromatic N) is 1. The Kier molecular flexibility index (Phi) is 4.86. The SMILES string of the molecule is O=C(Nc1cc(S(=O)(=O)N2CCOCC2)ccc1O)c1cccs1. The molecule has 0 bridgehead atoms. The van der Waals surface area contributed by atoms with Gasteiger partial charge >= 0.3 is 0 Å². The molecular weight excluding hydrogens is 352 g/mol. The van der Waals surface area contributed by atoms with E-state index in [0.29, 0.717) is 18.1 Å². The zero-order valence-corrected chi connectivity index (χ0v) is 14.3. The summed E-state index contributed by atoms with van der Waals surface area (Å²) in [4.78, 5) is 12.6. The molecule has 1 aromatic heterocycles. The Bertz CT molecular complexity index is 828. The zero-order chi connectivity index (χ0) is 17.2. The zero-order valence-electron chi connectivity index (χ0n) is 12.6. The minimum atomic E-state index is -3.70. The Hall–Kier alpha value is -1.94. The molecule has 0 radical (unpaired) electrons. The molecular formula is C15H16N2O5S2. The van der Waals surface area contributed by atoms with Crippen LogP contribution in [0.25, 0.3) is 0 Å². The Labute approximate surface area is 143 Å². The van der Waals surface area contributed by atoms with Crippen LogP contribution in [0, 0.1) is 0 Å². The monoisotopic (exact) mass is 368 g/mol. The number of benzene rings is 1. The van der Waals surface area contributed by atoms with Crippen molar-refractivity contribution in [2.75, 3.05) is 31.6 Å². The Morgan fingerprint density at radius 3 is 2.67 bits per heavy atom. The van der Waals surface area contributed by atoms with E-state index in [1.54, 1.807) is 17.5 Å². The summed E-state index contributed by atoms with van der Waals surface area (Å²) >= 11 is 1.25. The van der Waals surface area contributed by atoms with E-state index < -0.39 is 15.9 Å². The van der Waals surface area contributed by atoms with Gasteiger partial charge in [0.25, 0.3) is 5.91 Å². The molecule has 0 atom stereocenters. The number of rotatable bonds is 4. The Balaban J connectivity index is 1.87. The second-order valence-corrected chi connectivity index (χ2v) is 8.01. The quantitative estimate of drug-likeness (QED) is 0.801. The highest BCUT2D eigenvalue weighted by atomic mass is 32.2. The number of anilines is 1. The number of amides is 1. The van der Waals surface area contributed by atoms with Gasteiger partial charge in [-0.25, -0.2) is 8.42 Å². The van der Waals surface area contributed by atoms with Crippen molar-refractivity contribution in [3.8, 4) is 5.75 Å². The molecule has 2 aromatic rings. The first-order chi connectivity index (χ1) is 11.5. The van der Waals surface area contributed by atoms with Crippen molar-refractivity contribution in [3.63, 3.8) is 0 Å². The van der Waals surface area contributed by atoms with Crippen LogP contribution in [0.15, 0.2) is 40.6 Å². The average molecular weight is 368 g/mol. The number of hydrogen-bond donors (Lipinski definition) is 2. The fourth-order valence-corrected chi connectivity index (χ4v) is 4.36. The molecule has 3 rings (SSSR count). The largest absolute Gasteiger partial charge is 0.506 e. The summed E-state index contributed by atoms with van der Waals surface area (Å²) in [5, 5.41) is 14.2. The predicted octanol–water partition coefficient (Wildman–Crippen LogP) is 1.73. The first-order valence-corrected chi connectivity index (χ1v) is 9.56. The van der Waals surface area contributed by atoms with E-state index in [-0.39, 0.29) is 29.4 Å². The lowest BCUT2D eigenvalue weighted by Crippen LogP contribution is -2.40. The van der Waals surface area contributed by atoms with Crippen LogP contribution < -0.4 is 5.32 Å². The number of aromatic hydroxyl groups is 1. The van der Waals surface area contributed by atoms with Crippen LogP contribution in [0.5, 0.6) is 5.75 Å². The van der Waals surface area contributed by atoms with Crippen LogP contribution in [0.4, 0.5) is 5.69 Å². The summed E-state index contributed by atoms with van der Waals surface area (Å²) < 4.78 is 31.8. The molecule has 2 heterocycles. The molecule has 9 heteroatoms.